The lowest BCUT2D eigenvalue weighted by atomic mass is 10.1. The second-order valence-corrected chi connectivity index (χ2v) is 10.2. The van der Waals surface area contributed by atoms with Crippen molar-refractivity contribution >= 4 is 39.4 Å². The summed E-state index contributed by atoms with van der Waals surface area (Å²) < 4.78 is 27.6. The summed E-state index contributed by atoms with van der Waals surface area (Å²) in [6, 6.07) is 23.0. The van der Waals surface area contributed by atoms with Crippen LogP contribution in [0.3, 0.4) is 0 Å². The normalized spacial score (nSPS) is 11.6. The minimum absolute atomic E-state index is 0.0715. The predicted molar refractivity (Wildman–Crippen MR) is 137 cm³/mol. The van der Waals surface area contributed by atoms with E-state index >= 15 is 0 Å². The average molecular weight is 499 g/mol. The predicted octanol–water partition coefficient (Wildman–Crippen LogP) is 3.79. The molecule has 9 heteroatoms. The van der Waals surface area contributed by atoms with E-state index < -0.39 is 15.9 Å². The summed E-state index contributed by atoms with van der Waals surface area (Å²) in [5.74, 6) is -0.535. The van der Waals surface area contributed by atoms with Gasteiger partial charge in [0.2, 0.25) is 10.0 Å². The van der Waals surface area contributed by atoms with Crippen LogP contribution in [0.2, 0.25) is 5.02 Å². The van der Waals surface area contributed by atoms with Crippen molar-refractivity contribution in [2.75, 3.05) is 32.1 Å². The average Bonchev–Trinajstić information content (AvgIpc) is 2.83. The molecule has 0 aromatic heterocycles. The van der Waals surface area contributed by atoms with E-state index in [4.69, 9.17) is 11.6 Å². The van der Waals surface area contributed by atoms with Crippen molar-refractivity contribution in [1.29, 1.82) is 0 Å². The van der Waals surface area contributed by atoms with Crippen LogP contribution in [0.25, 0.3) is 0 Å². The molecule has 0 saturated carbocycles. The Morgan fingerprint density at radius 3 is 2.24 bits per heavy atom. The maximum atomic E-state index is 13.2. The van der Waals surface area contributed by atoms with Crippen molar-refractivity contribution in [3.63, 3.8) is 0 Å². The molecule has 178 valence electrons. The molecule has 0 bridgehead atoms. The Hall–Kier alpha value is -3.20. The third-order valence-corrected chi connectivity index (χ3v) is 7.19. The van der Waals surface area contributed by atoms with Gasteiger partial charge in [0.1, 0.15) is 0 Å². The van der Waals surface area contributed by atoms with Gasteiger partial charge >= 0.3 is 0 Å². The first-order valence-corrected chi connectivity index (χ1v) is 12.5. The highest BCUT2D eigenvalue weighted by atomic mass is 35.5. The summed E-state index contributed by atoms with van der Waals surface area (Å²) in [4.78, 5) is 14.6. The lowest BCUT2D eigenvalue weighted by Crippen LogP contribution is -2.40. The maximum Gasteiger partial charge on any atom is 0.255 e. The maximum absolute atomic E-state index is 13.2. The lowest BCUT2D eigenvalue weighted by Gasteiger charge is -2.21. The van der Waals surface area contributed by atoms with E-state index in [2.05, 4.69) is 10.5 Å². The lowest BCUT2D eigenvalue weighted by molar-refractivity contribution is -0.121. The van der Waals surface area contributed by atoms with Gasteiger partial charge in [0.05, 0.1) is 17.7 Å². The van der Waals surface area contributed by atoms with E-state index in [0.717, 1.165) is 21.1 Å². The highest BCUT2D eigenvalue weighted by Crippen LogP contribution is 2.19. The summed E-state index contributed by atoms with van der Waals surface area (Å²) in [5.41, 5.74) is 5.24. The van der Waals surface area contributed by atoms with Crippen LogP contribution >= 0.6 is 11.6 Å². The molecule has 3 rings (SSSR count). The van der Waals surface area contributed by atoms with Gasteiger partial charge in [-0.2, -0.15) is 9.41 Å². The zero-order valence-electron chi connectivity index (χ0n) is 19.1. The third kappa shape index (κ3) is 7.15. The van der Waals surface area contributed by atoms with Crippen LogP contribution in [-0.2, 0) is 21.2 Å². The molecular weight excluding hydrogens is 472 g/mol. The molecule has 34 heavy (non-hydrogen) atoms. The number of nitrogens with one attached hydrogen (secondary N) is 1. The van der Waals surface area contributed by atoms with Crippen molar-refractivity contribution < 1.29 is 13.2 Å². The van der Waals surface area contributed by atoms with E-state index in [-0.39, 0.29) is 18.0 Å². The number of halogens is 1. The number of sulfonamides is 1. The fraction of sp³-hybridized carbons (Fsp3) is 0.200. The fourth-order valence-corrected chi connectivity index (χ4v) is 4.69. The monoisotopic (exact) mass is 498 g/mol. The van der Waals surface area contributed by atoms with Crippen LogP contribution in [0.1, 0.15) is 11.1 Å². The molecule has 0 aliphatic carbocycles. The largest absolute Gasteiger partial charge is 0.378 e. The Kier molecular flexibility index (Phi) is 8.81. The topological polar surface area (TPSA) is 82.1 Å². The molecular formula is C25H27ClN4O3S. The van der Waals surface area contributed by atoms with E-state index in [9.17, 15) is 13.2 Å². The fourth-order valence-electron chi connectivity index (χ4n) is 3.17. The van der Waals surface area contributed by atoms with Gasteiger partial charge in [0.15, 0.2) is 0 Å². The number of amides is 1. The first kappa shape index (κ1) is 25.4. The van der Waals surface area contributed by atoms with Gasteiger partial charge in [-0.15, -0.1) is 0 Å². The molecule has 3 aromatic rings. The van der Waals surface area contributed by atoms with Crippen molar-refractivity contribution in [3.05, 3.63) is 95.0 Å². The molecule has 0 unspecified atom stereocenters. The third-order valence-electron chi connectivity index (χ3n) is 5.08. The standard InChI is InChI=1S/C25H27ClN4O3S/c1-29(2)23-12-8-21(9-13-23)18-27-28-25(31)19-30(17-16-20-6-4-3-5-7-20)34(32,33)24-14-10-22(26)11-15-24/h3-15,18H,16-17,19H2,1-2H3,(H,28,31)/b27-18+. The van der Waals surface area contributed by atoms with E-state index in [1.807, 2.05) is 73.6 Å². The molecule has 0 radical (unpaired) electrons. The van der Waals surface area contributed by atoms with Crippen LogP contribution in [-0.4, -0.2) is 52.0 Å². The van der Waals surface area contributed by atoms with Gasteiger partial charge in [-0.3, -0.25) is 4.79 Å². The summed E-state index contributed by atoms with van der Waals surface area (Å²) in [6.45, 7) is -0.229. The van der Waals surface area contributed by atoms with Crippen LogP contribution in [0.5, 0.6) is 0 Å². The van der Waals surface area contributed by atoms with E-state index in [0.29, 0.717) is 11.4 Å². The van der Waals surface area contributed by atoms with Crippen LogP contribution in [0.4, 0.5) is 5.69 Å². The minimum atomic E-state index is -3.92. The molecule has 1 N–H and O–H groups in total. The molecule has 0 aliphatic heterocycles. The molecule has 1 amide bonds. The number of carbonyl (C=O) groups excluding carboxylic acids is 1. The van der Waals surface area contributed by atoms with Gasteiger partial charge in [-0.25, -0.2) is 13.8 Å². The van der Waals surface area contributed by atoms with Gasteiger partial charge in [-0.05, 0) is 53.9 Å². The summed E-state index contributed by atoms with van der Waals surface area (Å²) in [7, 11) is -0.0171. The molecule has 0 fully saturated rings. The number of hydrogen-bond donors (Lipinski definition) is 1. The van der Waals surface area contributed by atoms with Gasteiger partial charge in [0.25, 0.3) is 5.91 Å². The number of benzene rings is 3. The molecule has 3 aromatic carbocycles. The van der Waals surface area contributed by atoms with Gasteiger partial charge < -0.3 is 4.90 Å². The number of anilines is 1. The molecule has 0 aliphatic rings. The smallest absolute Gasteiger partial charge is 0.255 e. The molecule has 0 heterocycles. The Morgan fingerprint density at radius 1 is 0.971 bits per heavy atom. The Bertz CT molecular complexity index is 1210. The highest BCUT2D eigenvalue weighted by Gasteiger charge is 2.26. The zero-order valence-corrected chi connectivity index (χ0v) is 20.6. The second kappa shape index (κ2) is 11.8. The highest BCUT2D eigenvalue weighted by molar-refractivity contribution is 7.89. The number of nitrogens with zero attached hydrogens (tertiary/aromatic N) is 3. The first-order valence-electron chi connectivity index (χ1n) is 10.6. The first-order chi connectivity index (χ1) is 16.3. The Morgan fingerprint density at radius 2 is 1.62 bits per heavy atom. The quantitative estimate of drug-likeness (QED) is 0.340. The number of hydrazone groups is 1. The van der Waals surface area contributed by atoms with Gasteiger partial charge in [0, 0.05) is 31.4 Å². The summed E-state index contributed by atoms with van der Waals surface area (Å²) in [5, 5.41) is 4.41. The SMILES string of the molecule is CN(C)c1ccc(/C=N/NC(=O)CN(CCc2ccccc2)S(=O)(=O)c2ccc(Cl)cc2)cc1. The molecule has 0 spiro atoms. The summed E-state index contributed by atoms with van der Waals surface area (Å²) >= 11 is 5.91. The second-order valence-electron chi connectivity index (χ2n) is 7.81. The van der Waals surface area contributed by atoms with E-state index in [1.165, 1.54) is 30.5 Å². The number of carbonyl (C=O) groups is 1. The molecule has 0 saturated heterocycles. The van der Waals surface area contributed by atoms with Crippen LogP contribution in [0, 0.1) is 0 Å². The Labute approximate surface area is 205 Å². The van der Waals surface area contributed by atoms with Crippen molar-refractivity contribution in [1.82, 2.24) is 9.73 Å². The minimum Gasteiger partial charge on any atom is -0.378 e. The van der Waals surface area contributed by atoms with Crippen molar-refractivity contribution in [3.8, 4) is 0 Å². The molecule has 0 atom stereocenters. The Balaban J connectivity index is 1.70. The van der Waals surface area contributed by atoms with Crippen LogP contribution in [0.15, 0.2) is 88.9 Å². The molecule has 7 nitrogen and oxygen atoms in total. The number of hydrogen-bond acceptors (Lipinski definition) is 5. The van der Waals surface area contributed by atoms with Gasteiger partial charge in [-0.1, -0.05) is 54.1 Å². The number of rotatable bonds is 10. The van der Waals surface area contributed by atoms with Crippen molar-refractivity contribution in [2.45, 2.75) is 11.3 Å². The van der Waals surface area contributed by atoms with Crippen molar-refractivity contribution in [2.24, 2.45) is 5.10 Å². The summed E-state index contributed by atoms with van der Waals surface area (Å²) in [6.07, 6.45) is 1.97. The van der Waals surface area contributed by atoms with Crippen LogP contribution < -0.4 is 10.3 Å². The zero-order chi connectivity index (χ0) is 24.6. The van der Waals surface area contributed by atoms with E-state index in [1.54, 1.807) is 0 Å².